The smallest absolute Gasteiger partial charge is 0.323 e. The van der Waals surface area contributed by atoms with Gasteiger partial charge in [0, 0.05) is 13.0 Å². The van der Waals surface area contributed by atoms with Gasteiger partial charge in [0.05, 0.1) is 19.8 Å². The summed E-state index contributed by atoms with van der Waals surface area (Å²) in [6.45, 7) is 0.820. The minimum absolute atomic E-state index is 0.327. The number of aliphatic hydroxyl groups excluding tert-OH is 1. The van der Waals surface area contributed by atoms with Crippen LogP contribution < -0.4 is 0 Å². The van der Waals surface area contributed by atoms with Gasteiger partial charge in [-0.3, -0.25) is 9.69 Å². The van der Waals surface area contributed by atoms with E-state index in [4.69, 9.17) is 6.42 Å². The van der Waals surface area contributed by atoms with Crippen molar-refractivity contribution in [3.8, 4) is 12.3 Å². The summed E-state index contributed by atoms with van der Waals surface area (Å²) in [5.74, 6) is 2.12. The number of β-amino-alcohol motifs (C(OH)–C–C–N with tert-alkyl or cyclic N) is 1. The quantitative estimate of drug-likeness (QED) is 0.451. The first-order valence-electron chi connectivity index (χ1n) is 4.12. The third-order valence-corrected chi connectivity index (χ3v) is 2.15. The lowest BCUT2D eigenvalue weighted by molar-refractivity contribution is -0.145. The van der Waals surface area contributed by atoms with E-state index >= 15 is 0 Å². The maximum atomic E-state index is 11.2. The van der Waals surface area contributed by atoms with E-state index in [0.29, 0.717) is 19.5 Å². The van der Waals surface area contributed by atoms with Crippen molar-refractivity contribution < 1.29 is 14.6 Å². The zero-order valence-electron chi connectivity index (χ0n) is 7.56. The lowest BCUT2D eigenvalue weighted by atomic mass is 10.2. The van der Waals surface area contributed by atoms with E-state index in [2.05, 4.69) is 10.7 Å². The fourth-order valence-corrected chi connectivity index (χ4v) is 1.55. The van der Waals surface area contributed by atoms with Crippen LogP contribution in [0, 0.1) is 12.3 Å². The maximum Gasteiger partial charge on any atom is 0.323 e. The molecule has 2 unspecified atom stereocenters. The number of rotatable bonds is 2. The van der Waals surface area contributed by atoms with E-state index in [9.17, 15) is 9.90 Å². The maximum absolute atomic E-state index is 11.2. The fraction of sp³-hybridized carbons (Fsp3) is 0.667. The first-order chi connectivity index (χ1) is 6.19. The van der Waals surface area contributed by atoms with Crippen molar-refractivity contribution >= 4 is 5.97 Å². The predicted octanol–water partition coefficient (Wildman–Crippen LogP) is -0.772. The summed E-state index contributed by atoms with van der Waals surface area (Å²) in [6, 6.07) is -0.379. The summed E-state index contributed by atoms with van der Waals surface area (Å²) in [4.78, 5) is 12.9. The van der Waals surface area contributed by atoms with Gasteiger partial charge in [0.1, 0.15) is 6.04 Å². The molecule has 0 aromatic carbocycles. The second-order valence-corrected chi connectivity index (χ2v) is 3.06. The molecule has 1 N–H and O–H groups in total. The molecule has 1 saturated heterocycles. The molecule has 0 amide bonds. The molecule has 4 nitrogen and oxygen atoms in total. The number of aliphatic hydroxyl groups is 1. The minimum atomic E-state index is -0.475. The van der Waals surface area contributed by atoms with Gasteiger partial charge >= 0.3 is 5.97 Å². The Hall–Kier alpha value is -1.05. The molecule has 1 rings (SSSR count). The molecular formula is C9H13NO3. The molecule has 1 fully saturated rings. The number of nitrogens with zero attached hydrogens (tertiary/aromatic N) is 1. The van der Waals surface area contributed by atoms with Gasteiger partial charge in [0.2, 0.25) is 0 Å². The minimum Gasteiger partial charge on any atom is -0.468 e. The van der Waals surface area contributed by atoms with E-state index in [1.54, 1.807) is 4.90 Å². The fourth-order valence-electron chi connectivity index (χ4n) is 1.55. The van der Waals surface area contributed by atoms with Gasteiger partial charge in [0.15, 0.2) is 0 Å². The highest BCUT2D eigenvalue weighted by molar-refractivity contribution is 5.76. The van der Waals surface area contributed by atoms with Gasteiger partial charge in [-0.1, -0.05) is 5.92 Å². The second-order valence-electron chi connectivity index (χ2n) is 3.06. The molecule has 2 atom stereocenters. The van der Waals surface area contributed by atoms with Gasteiger partial charge < -0.3 is 9.84 Å². The predicted molar refractivity (Wildman–Crippen MR) is 46.8 cm³/mol. The van der Waals surface area contributed by atoms with E-state index in [1.807, 2.05) is 0 Å². The largest absolute Gasteiger partial charge is 0.468 e. The van der Waals surface area contributed by atoms with Gasteiger partial charge in [-0.2, -0.15) is 0 Å². The molecule has 0 aliphatic carbocycles. The van der Waals surface area contributed by atoms with Crippen molar-refractivity contribution in [1.29, 1.82) is 0 Å². The first-order valence-corrected chi connectivity index (χ1v) is 4.12. The van der Waals surface area contributed by atoms with Crippen molar-refractivity contribution in [1.82, 2.24) is 4.90 Å². The Morgan fingerprint density at radius 3 is 3.08 bits per heavy atom. The van der Waals surface area contributed by atoms with E-state index < -0.39 is 6.10 Å². The molecule has 0 saturated carbocycles. The second kappa shape index (κ2) is 4.26. The van der Waals surface area contributed by atoms with Crippen molar-refractivity contribution in [2.24, 2.45) is 0 Å². The standard InChI is InChI=1S/C9H13NO3/c1-3-4-10-6-7(11)5-8(10)9(12)13-2/h1,7-8,11H,4-6H2,2H3. The topological polar surface area (TPSA) is 49.8 Å². The highest BCUT2D eigenvalue weighted by Crippen LogP contribution is 2.17. The lowest BCUT2D eigenvalue weighted by Crippen LogP contribution is -2.37. The van der Waals surface area contributed by atoms with Crippen LogP contribution >= 0.6 is 0 Å². The van der Waals surface area contributed by atoms with Crippen LogP contribution in [0.4, 0.5) is 0 Å². The zero-order valence-corrected chi connectivity index (χ0v) is 7.56. The molecule has 1 aliphatic heterocycles. The molecule has 0 bridgehead atoms. The first kappa shape index (κ1) is 10.0. The molecule has 72 valence electrons. The molecule has 1 aliphatic rings. The third-order valence-electron chi connectivity index (χ3n) is 2.15. The molecule has 0 aromatic rings. The average molecular weight is 183 g/mol. The summed E-state index contributed by atoms with van der Waals surface area (Å²) < 4.78 is 4.60. The Bertz CT molecular complexity index is 234. The van der Waals surface area contributed by atoms with E-state index in [1.165, 1.54) is 7.11 Å². The Morgan fingerprint density at radius 1 is 1.85 bits per heavy atom. The van der Waals surface area contributed by atoms with E-state index in [-0.39, 0.29) is 12.0 Å². The van der Waals surface area contributed by atoms with Gasteiger partial charge in [0.25, 0.3) is 0 Å². The van der Waals surface area contributed by atoms with E-state index in [0.717, 1.165) is 0 Å². The Balaban J connectivity index is 2.61. The molecule has 1 heterocycles. The van der Waals surface area contributed by atoms with Crippen molar-refractivity contribution in [2.75, 3.05) is 20.2 Å². The summed E-state index contributed by atoms with van der Waals surface area (Å²) in [6.07, 6.45) is 5.07. The van der Waals surface area contributed by atoms with Crippen LogP contribution in [-0.4, -0.2) is 48.3 Å². The zero-order chi connectivity index (χ0) is 9.84. The van der Waals surface area contributed by atoms with Crippen LogP contribution in [-0.2, 0) is 9.53 Å². The molecule has 0 spiro atoms. The summed E-state index contributed by atoms with van der Waals surface area (Å²) >= 11 is 0. The van der Waals surface area contributed by atoms with Crippen LogP contribution in [0.3, 0.4) is 0 Å². The number of hydrogen-bond donors (Lipinski definition) is 1. The molecular weight excluding hydrogens is 170 g/mol. The van der Waals surface area contributed by atoms with Crippen LogP contribution in [0.5, 0.6) is 0 Å². The molecule has 13 heavy (non-hydrogen) atoms. The summed E-state index contributed by atoms with van der Waals surface area (Å²) in [7, 11) is 1.33. The number of carbonyl (C=O) groups excluding carboxylic acids is 1. The van der Waals surface area contributed by atoms with Gasteiger partial charge in [-0.15, -0.1) is 6.42 Å². The Morgan fingerprint density at radius 2 is 2.54 bits per heavy atom. The summed E-state index contributed by atoms with van der Waals surface area (Å²) in [5, 5.41) is 9.32. The Kier molecular flexibility index (Phi) is 3.29. The summed E-state index contributed by atoms with van der Waals surface area (Å²) in [5.41, 5.74) is 0. The van der Waals surface area contributed by atoms with Gasteiger partial charge in [-0.25, -0.2) is 0 Å². The average Bonchev–Trinajstić information content (AvgIpc) is 2.46. The number of ether oxygens (including phenoxy) is 1. The number of methoxy groups -OCH3 is 1. The highest BCUT2D eigenvalue weighted by Gasteiger charge is 2.35. The van der Waals surface area contributed by atoms with Crippen molar-refractivity contribution in [3.63, 3.8) is 0 Å². The number of hydrogen-bond acceptors (Lipinski definition) is 4. The molecule has 0 aromatic heterocycles. The number of likely N-dealkylation sites (tertiary alicyclic amines) is 1. The number of esters is 1. The van der Waals surface area contributed by atoms with Crippen LogP contribution in [0.1, 0.15) is 6.42 Å². The molecule has 4 heteroatoms. The van der Waals surface area contributed by atoms with Gasteiger partial charge in [-0.05, 0) is 0 Å². The normalized spacial score (nSPS) is 28.4. The molecule has 0 radical (unpaired) electrons. The SMILES string of the molecule is C#CCN1CC(O)CC1C(=O)OC. The van der Waals surface area contributed by atoms with Crippen LogP contribution in [0.15, 0.2) is 0 Å². The van der Waals surface area contributed by atoms with Crippen LogP contribution in [0.25, 0.3) is 0 Å². The van der Waals surface area contributed by atoms with Crippen molar-refractivity contribution in [2.45, 2.75) is 18.6 Å². The third kappa shape index (κ3) is 2.20. The number of terminal acetylenes is 1. The Labute approximate surface area is 77.5 Å². The number of carbonyl (C=O) groups is 1. The monoisotopic (exact) mass is 183 g/mol. The van der Waals surface area contributed by atoms with Crippen LogP contribution in [0.2, 0.25) is 0 Å². The van der Waals surface area contributed by atoms with Crippen molar-refractivity contribution in [3.05, 3.63) is 0 Å². The highest BCUT2D eigenvalue weighted by atomic mass is 16.5. The lowest BCUT2D eigenvalue weighted by Gasteiger charge is -2.18.